The van der Waals surface area contributed by atoms with Gasteiger partial charge in [-0.05, 0) is 65.3 Å². The molecule has 3 heteroatoms. The number of benzene rings is 3. The number of hydrogen-bond donors (Lipinski definition) is 0. The van der Waals surface area contributed by atoms with E-state index in [1.807, 2.05) is 0 Å². The van der Waals surface area contributed by atoms with Crippen molar-refractivity contribution in [1.29, 1.82) is 0 Å². The Morgan fingerprint density at radius 2 is 1.69 bits per heavy atom. The summed E-state index contributed by atoms with van der Waals surface area (Å²) in [6, 6.07) is 19.3. The Morgan fingerprint density at radius 1 is 0.862 bits per heavy atom. The SMILES string of the molecule is Cc1ccccc1CN1CCCN(C(=O)c2ccc3c4c(cccc24)CC3)CC1. The standard InChI is InChI=1S/C26H28N2O/c1-19-6-2-3-7-22(19)18-27-14-5-15-28(17-16-27)26(29)24-13-12-21-11-10-20-8-4-9-23(24)25(20)21/h2-4,6-9,12-13H,5,10-11,14-18H2,1H3. The van der Waals surface area contributed by atoms with Crippen molar-refractivity contribution in [3.63, 3.8) is 0 Å². The zero-order valence-electron chi connectivity index (χ0n) is 17.2. The summed E-state index contributed by atoms with van der Waals surface area (Å²) in [5.41, 5.74) is 6.40. The molecule has 0 aromatic heterocycles. The van der Waals surface area contributed by atoms with Gasteiger partial charge in [0, 0.05) is 38.3 Å². The predicted molar refractivity (Wildman–Crippen MR) is 118 cm³/mol. The molecule has 148 valence electrons. The maximum atomic E-state index is 13.4. The molecule has 3 nitrogen and oxygen atoms in total. The fourth-order valence-corrected chi connectivity index (χ4v) is 4.96. The molecule has 5 rings (SSSR count). The van der Waals surface area contributed by atoms with Crippen LogP contribution in [0.15, 0.2) is 54.6 Å². The van der Waals surface area contributed by atoms with Crippen LogP contribution in [0.25, 0.3) is 10.8 Å². The number of aryl methyl sites for hydroxylation is 3. The van der Waals surface area contributed by atoms with E-state index in [1.54, 1.807) is 0 Å². The molecular formula is C26H28N2O. The van der Waals surface area contributed by atoms with Crippen LogP contribution in [0.3, 0.4) is 0 Å². The molecule has 1 fully saturated rings. The second-order valence-corrected chi connectivity index (χ2v) is 8.46. The molecule has 0 N–H and O–H groups in total. The molecule has 2 aliphatic rings. The summed E-state index contributed by atoms with van der Waals surface area (Å²) in [5.74, 6) is 0.193. The first-order valence-electron chi connectivity index (χ1n) is 10.8. The molecule has 29 heavy (non-hydrogen) atoms. The first-order chi connectivity index (χ1) is 14.2. The molecule has 1 heterocycles. The van der Waals surface area contributed by atoms with Gasteiger partial charge in [-0.3, -0.25) is 9.69 Å². The van der Waals surface area contributed by atoms with Gasteiger partial charge in [0.15, 0.2) is 0 Å². The van der Waals surface area contributed by atoms with Crippen molar-refractivity contribution in [2.45, 2.75) is 32.7 Å². The lowest BCUT2D eigenvalue weighted by atomic mass is 9.99. The number of rotatable bonds is 3. The summed E-state index contributed by atoms with van der Waals surface area (Å²) in [6.45, 7) is 6.76. The average molecular weight is 385 g/mol. The molecule has 1 amide bonds. The van der Waals surface area contributed by atoms with Crippen molar-refractivity contribution in [2.75, 3.05) is 26.2 Å². The van der Waals surface area contributed by atoms with Crippen molar-refractivity contribution in [3.8, 4) is 0 Å². The van der Waals surface area contributed by atoms with Crippen LogP contribution < -0.4 is 0 Å². The molecule has 3 aromatic rings. The lowest BCUT2D eigenvalue weighted by Gasteiger charge is -2.23. The minimum absolute atomic E-state index is 0.193. The van der Waals surface area contributed by atoms with Gasteiger partial charge in [-0.1, -0.05) is 48.5 Å². The summed E-state index contributed by atoms with van der Waals surface area (Å²) in [4.78, 5) is 18.0. The summed E-state index contributed by atoms with van der Waals surface area (Å²) >= 11 is 0. The highest BCUT2D eigenvalue weighted by Gasteiger charge is 2.24. The van der Waals surface area contributed by atoms with Crippen LogP contribution >= 0.6 is 0 Å². The van der Waals surface area contributed by atoms with Gasteiger partial charge in [-0.25, -0.2) is 0 Å². The lowest BCUT2D eigenvalue weighted by Crippen LogP contribution is -2.35. The molecule has 1 aliphatic heterocycles. The minimum atomic E-state index is 0.193. The van der Waals surface area contributed by atoms with Crippen LogP contribution in [-0.2, 0) is 19.4 Å². The van der Waals surface area contributed by atoms with E-state index in [2.05, 4.69) is 71.3 Å². The summed E-state index contributed by atoms with van der Waals surface area (Å²) in [6.07, 6.45) is 3.22. The largest absolute Gasteiger partial charge is 0.337 e. The lowest BCUT2D eigenvalue weighted by molar-refractivity contribution is 0.0763. The Bertz CT molecular complexity index is 1060. The monoisotopic (exact) mass is 384 g/mol. The molecule has 0 spiro atoms. The fourth-order valence-electron chi connectivity index (χ4n) is 4.96. The molecular weight excluding hydrogens is 356 g/mol. The van der Waals surface area contributed by atoms with E-state index in [1.165, 1.54) is 27.6 Å². The van der Waals surface area contributed by atoms with Gasteiger partial charge < -0.3 is 4.90 Å². The smallest absolute Gasteiger partial charge is 0.254 e. The van der Waals surface area contributed by atoms with E-state index < -0.39 is 0 Å². The van der Waals surface area contributed by atoms with Crippen molar-refractivity contribution in [3.05, 3.63) is 82.4 Å². The third-order valence-electron chi connectivity index (χ3n) is 6.64. The van der Waals surface area contributed by atoms with E-state index >= 15 is 0 Å². The van der Waals surface area contributed by atoms with E-state index in [9.17, 15) is 4.79 Å². The highest BCUT2D eigenvalue weighted by Crippen LogP contribution is 2.33. The Kier molecular flexibility index (Phi) is 4.84. The number of hydrogen-bond acceptors (Lipinski definition) is 2. The zero-order chi connectivity index (χ0) is 19.8. The third-order valence-corrected chi connectivity index (χ3v) is 6.64. The minimum Gasteiger partial charge on any atom is -0.337 e. The Hall–Kier alpha value is -2.65. The maximum Gasteiger partial charge on any atom is 0.254 e. The van der Waals surface area contributed by atoms with Crippen molar-refractivity contribution >= 4 is 16.7 Å². The van der Waals surface area contributed by atoms with E-state index in [0.29, 0.717) is 0 Å². The Morgan fingerprint density at radius 3 is 2.55 bits per heavy atom. The molecule has 1 saturated heterocycles. The van der Waals surface area contributed by atoms with Crippen LogP contribution in [0.5, 0.6) is 0 Å². The summed E-state index contributed by atoms with van der Waals surface area (Å²) < 4.78 is 0. The fraction of sp³-hybridized carbons (Fsp3) is 0.346. The normalized spacial score (nSPS) is 16.9. The van der Waals surface area contributed by atoms with Crippen molar-refractivity contribution in [2.24, 2.45) is 0 Å². The quantitative estimate of drug-likeness (QED) is 0.659. The van der Waals surface area contributed by atoms with Crippen LogP contribution in [0.4, 0.5) is 0 Å². The summed E-state index contributed by atoms with van der Waals surface area (Å²) in [5, 5.41) is 2.47. The first kappa shape index (κ1) is 18.4. The first-order valence-corrected chi connectivity index (χ1v) is 10.8. The predicted octanol–water partition coefficient (Wildman–Crippen LogP) is 4.59. The maximum absolute atomic E-state index is 13.4. The summed E-state index contributed by atoms with van der Waals surface area (Å²) in [7, 11) is 0. The van der Waals surface area contributed by atoms with E-state index in [0.717, 1.165) is 62.9 Å². The highest BCUT2D eigenvalue weighted by atomic mass is 16.2. The molecule has 0 radical (unpaired) electrons. The van der Waals surface area contributed by atoms with Crippen LogP contribution in [-0.4, -0.2) is 41.9 Å². The average Bonchev–Trinajstić information content (AvgIpc) is 3.02. The molecule has 3 aromatic carbocycles. The topological polar surface area (TPSA) is 23.6 Å². The molecule has 0 saturated carbocycles. The Balaban J connectivity index is 1.34. The second kappa shape index (κ2) is 7.64. The van der Waals surface area contributed by atoms with Crippen LogP contribution in [0.1, 0.15) is 39.0 Å². The van der Waals surface area contributed by atoms with Gasteiger partial charge in [0.25, 0.3) is 5.91 Å². The van der Waals surface area contributed by atoms with Crippen LogP contribution in [0.2, 0.25) is 0 Å². The molecule has 0 atom stereocenters. The van der Waals surface area contributed by atoms with Gasteiger partial charge in [0.2, 0.25) is 0 Å². The van der Waals surface area contributed by atoms with Gasteiger partial charge in [0.1, 0.15) is 0 Å². The van der Waals surface area contributed by atoms with E-state index in [-0.39, 0.29) is 5.91 Å². The van der Waals surface area contributed by atoms with Gasteiger partial charge in [-0.15, -0.1) is 0 Å². The van der Waals surface area contributed by atoms with Crippen molar-refractivity contribution in [1.82, 2.24) is 9.80 Å². The number of nitrogens with zero attached hydrogens (tertiary/aromatic N) is 2. The molecule has 0 bridgehead atoms. The molecule has 0 unspecified atom stereocenters. The zero-order valence-corrected chi connectivity index (χ0v) is 17.2. The number of carbonyl (C=O) groups excluding carboxylic acids is 1. The van der Waals surface area contributed by atoms with E-state index in [4.69, 9.17) is 0 Å². The van der Waals surface area contributed by atoms with Gasteiger partial charge in [0.05, 0.1) is 0 Å². The van der Waals surface area contributed by atoms with Crippen LogP contribution in [0, 0.1) is 6.92 Å². The second-order valence-electron chi connectivity index (χ2n) is 8.46. The highest BCUT2D eigenvalue weighted by molar-refractivity contribution is 6.09. The van der Waals surface area contributed by atoms with Gasteiger partial charge >= 0.3 is 0 Å². The third kappa shape index (κ3) is 3.44. The van der Waals surface area contributed by atoms with Crippen molar-refractivity contribution < 1.29 is 4.79 Å². The number of amides is 1. The Labute approximate surface area is 172 Å². The van der Waals surface area contributed by atoms with Gasteiger partial charge in [-0.2, -0.15) is 0 Å². The number of carbonyl (C=O) groups is 1. The molecule has 1 aliphatic carbocycles.